The van der Waals surface area contributed by atoms with Gasteiger partial charge >= 0.3 is 0 Å². The molecule has 0 saturated carbocycles. The number of nitrogens with two attached hydrogens (primary N) is 1. The van der Waals surface area contributed by atoms with E-state index in [4.69, 9.17) is 10.8 Å². The molecule has 0 radical (unpaired) electrons. The molecule has 0 aromatic heterocycles. The Balaban J connectivity index is 2.65. The van der Waals surface area contributed by atoms with Crippen molar-refractivity contribution < 1.29 is 9.90 Å². The van der Waals surface area contributed by atoms with E-state index in [9.17, 15) is 4.79 Å². The predicted molar refractivity (Wildman–Crippen MR) is 73.4 cm³/mol. The van der Waals surface area contributed by atoms with Gasteiger partial charge in [-0.2, -0.15) is 0 Å². The van der Waals surface area contributed by atoms with Crippen molar-refractivity contribution in [2.45, 2.75) is 26.7 Å². The average molecular weight is 250 g/mol. The number of anilines is 1. The quantitative estimate of drug-likeness (QED) is 0.673. The summed E-state index contributed by atoms with van der Waals surface area (Å²) >= 11 is 0. The number of aliphatic hydroxyl groups is 1. The van der Waals surface area contributed by atoms with Crippen LogP contribution in [0.25, 0.3) is 0 Å². The lowest BCUT2D eigenvalue weighted by atomic mass is 10.0. The monoisotopic (exact) mass is 250 g/mol. The molecule has 0 aliphatic heterocycles. The molecule has 0 aliphatic carbocycles. The van der Waals surface area contributed by atoms with Gasteiger partial charge in [-0.25, -0.2) is 0 Å². The van der Waals surface area contributed by atoms with Gasteiger partial charge < -0.3 is 16.2 Å². The van der Waals surface area contributed by atoms with E-state index in [0.29, 0.717) is 30.1 Å². The summed E-state index contributed by atoms with van der Waals surface area (Å²) in [4.78, 5) is 12.1. The first kappa shape index (κ1) is 14.5. The molecule has 0 heterocycles. The molecule has 0 fully saturated rings. The lowest BCUT2D eigenvalue weighted by Gasteiger charge is -2.15. The summed E-state index contributed by atoms with van der Waals surface area (Å²) in [5.74, 6) is 0.172. The SMILES string of the molecule is CCC(CCO)CNC(=O)c1c(C)cccc1N. The molecule has 100 valence electrons. The lowest BCUT2D eigenvalue weighted by molar-refractivity contribution is 0.0944. The molecule has 1 amide bonds. The number of hydrogen-bond donors (Lipinski definition) is 3. The second kappa shape index (κ2) is 7.01. The Kier molecular flexibility index (Phi) is 5.65. The van der Waals surface area contributed by atoms with Crippen molar-refractivity contribution in [1.29, 1.82) is 0 Å². The second-order valence-corrected chi connectivity index (χ2v) is 4.54. The van der Waals surface area contributed by atoms with E-state index < -0.39 is 0 Å². The molecular formula is C14H22N2O2. The number of nitrogens with one attached hydrogen (secondary N) is 1. The van der Waals surface area contributed by atoms with E-state index in [1.165, 1.54) is 0 Å². The number of carbonyl (C=O) groups is 1. The molecule has 1 unspecified atom stereocenters. The van der Waals surface area contributed by atoms with E-state index in [1.54, 1.807) is 6.07 Å². The van der Waals surface area contributed by atoms with Gasteiger partial charge in [-0.05, 0) is 30.9 Å². The zero-order chi connectivity index (χ0) is 13.5. The number of amides is 1. The van der Waals surface area contributed by atoms with Gasteiger partial charge in [-0.15, -0.1) is 0 Å². The third kappa shape index (κ3) is 3.74. The third-order valence-corrected chi connectivity index (χ3v) is 3.20. The molecule has 0 saturated heterocycles. The summed E-state index contributed by atoms with van der Waals surface area (Å²) in [6, 6.07) is 5.44. The fraction of sp³-hybridized carbons (Fsp3) is 0.500. The summed E-state index contributed by atoms with van der Waals surface area (Å²) in [6.45, 7) is 4.65. The largest absolute Gasteiger partial charge is 0.398 e. The van der Waals surface area contributed by atoms with Gasteiger partial charge in [0.15, 0.2) is 0 Å². The van der Waals surface area contributed by atoms with E-state index in [-0.39, 0.29) is 12.5 Å². The number of aryl methyl sites for hydroxylation is 1. The molecular weight excluding hydrogens is 228 g/mol. The van der Waals surface area contributed by atoms with Crippen LogP contribution in [0.1, 0.15) is 35.7 Å². The highest BCUT2D eigenvalue weighted by Crippen LogP contribution is 2.16. The van der Waals surface area contributed by atoms with Crippen LogP contribution in [0.4, 0.5) is 5.69 Å². The molecule has 1 rings (SSSR count). The number of rotatable bonds is 6. The molecule has 1 aromatic rings. The maximum atomic E-state index is 12.1. The summed E-state index contributed by atoms with van der Waals surface area (Å²) in [7, 11) is 0. The molecule has 1 aromatic carbocycles. The van der Waals surface area contributed by atoms with E-state index in [0.717, 1.165) is 12.0 Å². The molecule has 4 nitrogen and oxygen atoms in total. The van der Waals surface area contributed by atoms with Crippen molar-refractivity contribution in [3.05, 3.63) is 29.3 Å². The predicted octanol–water partition coefficient (Wildman–Crippen LogP) is 1.72. The first-order valence-electron chi connectivity index (χ1n) is 6.34. The van der Waals surface area contributed by atoms with Crippen LogP contribution in [0.3, 0.4) is 0 Å². The molecule has 18 heavy (non-hydrogen) atoms. The maximum absolute atomic E-state index is 12.1. The van der Waals surface area contributed by atoms with Crippen LogP contribution in [0.15, 0.2) is 18.2 Å². The Morgan fingerprint density at radius 1 is 1.50 bits per heavy atom. The Bertz CT molecular complexity index is 385. The van der Waals surface area contributed by atoms with Crippen molar-refractivity contribution in [2.75, 3.05) is 18.9 Å². The number of aliphatic hydroxyl groups excluding tert-OH is 1. The summed E-state index contributed by atoms with van der Waals surface area (Å²) in [6.07, 6.45) is 1.64. The first-order chi connectivity index (χ1) is 8.60. The molecule has 0 spiro atoms. The van der Waals surface area contributed by atoms with Gasteiger partial charge in [0.2, 0.25) is 0 Å². The van der Waals surface area contributed by atoms with E-state index in [1.807, 2.05) is 19.1 Å². The summed E-state index contributed by atoms with van der Waals surface area (Å²) in [5, 5.41) is 11.8. The van der Waals surface area contributed by atoms with Crippen molar-refractivity contribution >= 4 is 11.6 Å². The molecule has 4 N–H and O–H groups in total. The van der Waals surface area contributed by atoms with Crippen molar-refractivity contribution in [2.24, 2.45) is 5.92 Å². The van der Waals surface area contributed by atoms with Gasteiger partial charge in [0.05, 0.1) is 5.56 Å². The fourth-order valence-corrected chi connectivity index (χ4v) is 1.96. The van der Waals surface area contributed by atoms with Gasteiger partial charge in [0, 0.05) is 18.8 Å². The molecule has 1 atom stereocenters. The zero-order valence-electron chi connectivity index (χ0n) is 11.1. The maximum Gasteiger partial charge on any atom is 0.253 e. The highest BCUT2D eigenvalue weighted by Gasteiger charge is 2.14. The zero-order valence-corrected chi connectivity index (χ0v) is 11.1. The fourth-order valence-electron chi connectivity index (χ4n) is 1.96. The minimum absolute atomic E-state index is 0.137. The van der Waals surface area contributed by atoms with E-state index >= 15 is 0 Å². The highest BCUT2D eigenvalue weighted by atomic mass is 16.3. The minimum atomic E-state index is -0.137. The van der Waals surface area contributed by atoms with Crippen LogP contribution in [-0.2, 0) is 0 Å². The number of benzene rings is 1. The van der Waals surface area contributed by atoms with Gasteiger partial charge in [0.1, 0.15) is 0 Å². The van der Waals surface area contributed by atoms with Crippen LogP contribution < -0.4 is 11.1 Å². The highest BCUT2D eigenvalue weighted by molar-refractivity contribution is 6.00. The average Bonchev–Trinajstić information content (AvgIpc) is 2.34. The Hall–Kier alpha value is -1.55. The van der Waals surface area contributed by atoms with Crippen molar-refractivity contribution in [1.82, 2.24) is 5.32 Å². The normalized spacial score (nSPS) is 12.2. The van der Waals surface area contributed by atoms with Crippen LogP contribution >= 0.6 is 0 Å². The number of nitrogen functional groups attached to an aromatic ring is 1. The van der Waals surface area contributed by atoms with Crippen molar-refractivity contribution in [3.63, 3.8) is 0 Å². The molecule has 0 bridgehead atoms. The second-order valence-electron chi connectivity index (χ2n) is 4.54. The summed E-state index contributed by atoms with van der Waals surface area (Å²) < 4.78 is 0. The lowest BCUT2D eigenvalue weighted by Crippen LogP contribution is -2.30. The molecule has 4 heteroatoms. The van der Waals surface area contributed by atoms with Gasteiger partial charge in [-0.1, -0.05) is 25.5 Å². The third-order valence-electron chi connectivity index (χ3n) is 3.20. The Labute approximate surface area is 108 Å². The first-order valence-corrected chi connectivity index (χ1v) is 6.34. The minimum Gasteiger partial charge on any atom is -0.398 e. The Morgan fingerprint density at radius 3 is 2.78 bits per heavy atom. The Morgan fingerprint density at radius 2 is 2.22 bits per heavy atom. The van der Waals surface area contributed by atoms with Crippen LogP contribution in [0.2, 0.25) is 0 Å². The number of hydrogen-bond acceptors (Lipinski definition) is 3. The van der Waals surface area contributed by atoms with Crippen LogP contribution in [0, 0.1) is 12.8 Å². The number of carbonyl (C=O) groups excluding carboxylic acids is 1. The topological polar surface area (TPSA) is 75.3 Å². The standard InChI is InChI=1S/C14H22N2O2/c1-3-11(7-8-17)9-16-14(18)13-10(2)5-4-6-12(13)15/h4-6,11,17H,3,7-9,15H2,1-2H3,(H,16,18). The van der Waals surface area contributed by atoms with Gasteiger partial charge in [0.25, 0.3) is 5.91 Å². The smallest absolute Gasteiger partial charge is 0.253 e. The van der Waals surface area contributed by atoms with Gasteiger partial charge in [-0.3, -0.25) is 4.79 Å². The van der Waals surface area contributed by atoms with Crippen LogP contribution in [0.5, 0.6) is 0 Å². The van der Waals surface area contributed by atoms with Crippen molar-refractivity contribution in [3.8, 4) is 0 Å². The summed E-state index contributed by atoms with van der Waals surface area (Å²) in [5.41, 5.74) is 7.75. The molecule has 0 aliphatic rings. The van der Waals surface area contributed by atoms with Crippen LogP contribution in [-0.4, -0.2) is 24.2 Å². The van der Waals surface area contributed by atoms with E-state index in [2.05, 4.69) is 12.2 Å².